The van der Waals surface area contributed by atoms with Gasteiger partial charge >= 0.3 is 6.18 Å². The largest absolute Gasteiger partial charge is 0.496 e. The summed E-state index contributed by atoms with van der Waals surface area (Å²) in [6.07, 6.45) is -4.58. The van der Waals surface area contributed by atoms with Gasteiger partial charge in [0.2, 0.25) is 5.13 Å². The van der Waals surface area contributed by atoms with E-state index in [-0.39, 0.29) is 32.8 Å². The van der Waals surface area contributed by atoms with E-state index in [9.17, 15) is 18.0 Å². The van der Waals surface area contributed by atoms with Crippen molar-refractivity contribution < 1.29 is 27.4 Å². The van der Waals surface area contributed by atoms with Gasteiger partial charge in [-0.3, -0.25) is 10.1 Å². The van der Waals surface area contributed by atoms with Crippen LogP contribution in [0.25, 0.3) is 21.3 Å². The van der Waals surface area contributed by atoms with Crippen LogP contribution in [0.3, 0.4) is 0 Å². The van der Waals surface area contributed by atoms with Crippen LogP contribution >= 0.6 is 11.3 Å². The van der Waals surface area contributed by atoms with E-state index >= 15 is 0 Å². The number of halogens is 3. The number of fused-ring (bicyclic) bond motifs is 1. The first-order chi connectivity index (χ1) is 15.3. The van der Waals surface area contributed by atoms with Gasteiger partial charge in [-0.25, -0.2) is 0 Å². The number of hydrogen-bond acceptors (Lipinski definition) is 6. The zero-order valence-electron chi connectivity index (χ0n) is 16.9. The van der Waals surface area contributed by atoms with Crippen LogP contribution in [0.5, 0.6) is 11.5 Å². The minimum absolute atomic E-state index is 0.0327. The topological polar surface area (TPSA) is 73.3 Å². The number of nitrogens with zero attached hydrogens (tertiary/aromatic N) is 2. The number of hydrogen-bond donors (Lipinski definition) is 1. The summed E-state index contributed by atoms with van der Waals surface area (Å²) >= 11 is 0.839. The van der Waals surface area contributed by atoms with Crippen LogP contribution in [-0.4, -0.2) is 30.3 Å². The van der Waals surface area contributed by atoms with Gasteiger partial charge in [0.25, 0.3) is 5.91 Å². The van der Waals surface area contributed by atoms with Crippen LogP contribution in [-0.2, 0) is 6.18 Å². The Bertz CT molecular complexity index is 1280. The molecule has 0 saturated heterocycles. The molecule has 3 aromatic carbocycles. The molecule has 1 N–H and O–H groups in total. The maximum absolute atomic E-state index is 13.7. The van der Waals surface area contributed by atoms with E-state index in [1.54, 1.807) is 42.5 Å². The molecular weight excluding hydrogens is 443 g/mol. The highest BCUT2D eigenvalue weighted by atomic mass is 32.1. The van der Waals surface area contributed by atoms with E-state index in [2.05, 4.69) is 15.5 Å². The predicted molar refractivity (Wildman–Crippen MR) is 115 cm³/mol. The summed E-state index contributed by atoms with van der Waals surface area (Å²) in [4.78, 5) is 12.8. The van der Waals surface area contributed by atoms with E-state index in [4.69, 9.17) is 9.47 Å². The van der Waals surface area contributed by atoms with Crippen LogP contribution in [0, 0.1) is 0 Å². The Morgan fingerprint density at radius 2 is 1.56 bits per heavy atom. The van der Waals surface area contributed by atoms with Crippen molar-refractivity contribution in [3.8, 4) is 22.1 Å². The maximum Gasteiger partial charge on any atom is 0.417 e. The lowest BCUT2D eigenvalue weighted by atomic mass is 10.0. The molecule has 0 aliphatic heterocycles. The van der Waals surface area contributed by atoms with Crippen molar-refractivity contribution in [2.75, 3.05) is 19.5 Å². The number of amides is 1. The van der Waals surface area contributed by atoms with Crippen LogP contribution in [0.4, 0.5) is 18.3 Å². The lowest BCUT2D eigenvalue weighted by Crippen LogP contribution is -2.14. The minimum Gasteiger partial charge on any atom is -0.496 e. The molecule has 0 saturated carbocycles. The van der Waals surface area contributed by atoms with Gasteiger partial charge in [0.15, 0.2) is 0 Å². The molecule has 32 heavy (non-hydrogen) atoms. The van der Waals surface area contributed by atoms with Crippen LogP contribution < -0.4 is 14.8 Å². The number of carbonyl (C=O) groups is 1. The Kier molecular flexibility index (Phi) is 5.70. The Morgan fingerprint density at radius 3 is 2.16 bits per heavy atom. The molecule has 0 fully saturated rings. The van der Waals surface area contributed by atoms with E-state index in [0.29, 0.717) is 10.8 Å². The Balaban J connectivity index is 1.71. The summed E-state index contributed by atoms with van der Waals surface area (Å²) in [5.41, 5.74) is -0.795. The SMILES string of the molecule is COc1cccc(OC)c1C(=O)Nc1nnc(-c2cc3ccccc3cc2C(F)(F)F)s1. The lowest BCUT2D eigenvalue weighted by Gasteiger charge is -2.12. The molecule has 0 atom stereocenters. The van der Waals surface area contributed by atoms with Gasteiger partial charge in [-0.15, -0.1) is 10.2 Å². The van der Waals surface area contributed by atoms with Gasteiger partial charge in [-0.2, -0.15) is 13.2 Å². The third-order valence-corrected chi connectivity index (χ3v) is 5.59. The van der Waals surface area contributed by atoms with Crippen LogP contribution in [0.2, 0.25) is 0 Å². The minimum atomic E-state index is -4.58. The smallest absolute Gasteiger partial charge is 0.417 e. The molecule has 164 valence electrons. The molecule has 0 spiro atoms. The normalized spacial score (nSPS) is 11.4. The average Bonchev–Trinajstić information content (AvgIpc) is 3.25. The second-order valence-corrected chi connectivity index (χ2v) is 7.62. The Labute approximate surface area is 184 Å². The van der Waals surface area contributed by atoms with E-state index in [1.807, 2.05) is 0 Å². The molecule has 1 heterocycles. The molecule has 1 amide bonds. The third-order valence-electron chi connectivity index (χ3n) is 4.72. The highest BCUT2D eigenvalue weighted by Crippen LogP contribution is 2.41. The molecule has 0 aliphatic rings. The van der Waals surface area contributed by atoms with Gasteiger partial charge < -0.3 is 9.47 Å². The summed E-state index contributed by atoms with van der Waals surface area (Å²) in [5.74, 6) is -0.0301. The molecule has 0 radical (unpaired) electrons. The molecule has 4 aromatic rings. The van der Waals surface area contributed by atoms with Gasteiger partial charge in [-0.05, 0) is 35.0 Å². The first kappa shape index (κ1) is 21.6. The zero-order valence-corrected chi connectivity index (χ0v) is 17.7. The molecule has 6 nitrogen and oxygen atoms in total. The third kappa shape index (κ3) is 4.09. The molecule has 10 heteroatoms. The zero-order chi connectivity index (χ0) is 22.9. The highest BCUT2D eigenvalue weighted by Gasteiger charge is 2.35. The summed E-state index contributed by atoms with van der Waals surface area (Å²) in [6, 6.07) is 14.1. The second kappa shape index (κ2) is 8.46. The Morgan fingerprint density at radius 1 is 0.938 bits per heavy atom. The van der Waals surface area contributed by atoms with Gasteiger partial charge in [-0.1, -0.05) is 41.7 Å². The fraction of sp³-hybridized carbons (Fsp3) is 0.136. The number of nitrogens with one attached hydrogen (secondary N) is 1. The maximum atomic E-state index is 13.7. The number of ether oxygens (including phenoxy) is 2. The van der Waals surface area contributed by atoms with Gasteiger partial charge in [0, 0.05) is 5.56 Å². The number of benzene rings is 3. The molecule has 0 unspecified atom stereocenters. The first-order valence-electron chi connectivity index (χ1n) is 9.28. The van der Waals surface area contributed by atoms with E-state index < -0.39 is 17.6 Å². The Hall–Kier alpha value is -3.66. The van der Waals surface area contributed by atoms with Crippen molar-refractivity contribution in [1.29, 1.82) is 0 Å². The fourth-order valence-corrected chi connectivity index (χ4v) is 4.04. The molecular formula is C22H16F3N3O3S. The monoisotopic (exact) mass is 459 g/mol. The summed E-state index contributed by atoms with van der Waals surface area (Å²) in [5, 5.41) is 11.5. The fourth-order valence-electron chi connectivity index (χ4n) is 3.27. The first-order valence-corrected chi connectivity index (χ1v) is 10.1. The van der Waals surface area contributed by atoms with Gasteiger partial charge in [0.1, 0.15) is 22.1 Å². The number of rotatable bonds is 5. The number of anilines is 1. The second-order valence-electron chi connectivity index (χ2n) is 6.65. The van der Waals surface area contributed by atoms with Crippen LogP contribution in [0.1, 0.15) is 15.9 Å². The summed E-state index contributed by atoms with van der Waals surface area (Å²) < 4.78 is 51.6. The standard InChI is InChI=1S/C22H16F3N3O3S/c1-30-16-8-5-9-17(31-2)18(16)19(29)26-21-28-27-20(32-21)14-10-12-6-3-4-7-13(12)11-15(14)22(23,24)25/h3-11H,1-2H3,(H,26,28,29). The van der Waals surface area contributed by atoms with Crippen LogP contribution in [0.15, 0.2) is 54.6 Å². The van der Waals surface area contributed by atoms with Crippen molar-refractivity contribution in [3.05, 3.63) is 65.7 Å². The average molecular weight is 459 g/mol. The molecule has 4 rings (SSSR count). The van der Waals surface area contributed by atoms with Crippen molar-refractivity contribution in [2.45, 2.75) is 6.18 Å². The van der Waals surface area contributed by atoms with Gasteiger partial charge in [0.05, 0.1) is 19.8 Å². The van der Waals surface area contributed by atoms with Crippen molar-refractivity contribution in [3.63, 3.8) is 0 Å². The predicted octanol–water partition coefficient (Wildman–Crippen LogP) is 5.65. The summed E-state index contributed by atoms with van der Waals surface area (Å²) in [6.45, 7) is 0. The lowest BCUT2D eigenvalue weighted by molar-refractivity contribution is -0.137. The number of methoxy groups -OCH3 is 2. The number of carbonyl (C=O) groups excluding carboxylic acids is 1. The molecule has 1 aromatic heterocycles. The summed E-state index contributed by atoms with van der Waals surface area (Å²) in [7, 11) is 2.82. The van der Waals surface area contributed by atoms with E-state index in [0.717, 1.165) is 17.4 Å². The number of alkyl halides is 3. The highest BCUT2D eigenvalue weighted by molar-refractivity contribution is 7.18. The van der Waals surface area contributed by atoms with Crippen molar-refractivity contribution in [2.24, 2.45) is 0 Å². The quantitative estimate of drug-likeness (QED) is 0.418. The van der Waals surface area contributed by atoms with Crippen molar-refractivity contribution >= 4 is 33.1 Å². The van der Waals surface area contributed by atoms with E-state index in [1.165, 1.54) is 20.3 Å². The van der Waals surface area contributed by atoms with Crippen molar-refractivity contribution in [1.82, 2.24) is 10.2 Å². The molecule has 0 bridgehead atoms. The number of aromatic nitrogens is 2. The molecule has 0 aliphatic carbocycles.